The van der Waals surface area contributed by atoms with Crippen LogP contribution in [0.15, 0.2) is 41.1 Å². The first-order valence-corrected chi connectivity index (χ1v) is 5.18. The molecule has 0 unspecified atom stereocenters. The third kappa shape index (κ3) is 3.12. The van der Waals surface area contributed by atoms with Gasteiger partial charge in [-0.1, -0.05) is 23.7 Å². The molecule has 4 nitrogen and oxygen atoms in total. The number of rotatable bonds is 2. The normalized spacial score (nSPS) is 9.78. The Bertz CT molecular complexity index is 618. The van der Waals surface area contributed by atoms with Gasteiger partial charge in [-0.2, -0.15) is 15.8 Å². The fourth-order valence-corrected chi connectivity index (χ4v) is 1.30. The van der Waals surface area contributed by atoms with Gasteiger partial charge in [0.25, 0.3) is 0 Å². The topological polar surface area (TPSA) is 97.4 Å². The van der Waals surface area contributed by atoms with Crippen molar-refractivity contribution in [2.45, 2.75) is 0 Å². The van der Waals surface area contributed by atoms with Crippen LogP contribution in [0, 0.1) is 34.0 Å². The molecule has 0 saturated carbocycles. The minimum atomic E-state index is -0.281. The molecule has 0 heterocycles. The second kappa shape index (κ2) is 6.11. The zero-order valence-corrected chi connectivity index (χ0v) is 9.94. The molecule has 0 aliphatic carbocycles. The summed E-state index contributed by atoms with van der Waals surface area (Å²) in [5, 5.41) is 26.9. The molecular formula is C13H7ClN4. The predicted octanol–water partition coefficient (Wildman–Crippen LogP) is 2.51. The van der Waals surface area contributed by atoms with Crippen LogP contribution in [0.2, 0.25) is 5.02 Å². The molecule has 2 N–H and O–H groups in total. The largest absolute Gasteiger partial charge is 0.396 e. The summed E-state index contributed by atoms with van der Waals surface area (Å²) in [5.41, 5.74) is 5.95. The number of allylic oxidation sites excluding steroid dienone is 2. The van der Waals surface area contributed by atoms with Gasteiger partial charge < -0.3 is 5.73 Å². The summed E-state index contributed by atoms with van der Waals surface area (Å²) in [6.45, 7) is 0. The fourth-order valence-electron chi connectivity index (χ4n) is 1.18. The van der Waals surface area contributed by atoms with E-state index < -0.39 is 0 Å². The summed E-state index contributed by atoms with van der Waals surface area (Å²) >= 11 is 5.73. The van der Waals surface area contributed by atoms with E-state index in [1.807, 2.05) is 6.07 Å². The molecule has 5 heteroatoms. The first-order chi connectivity index (χ1) is 8.62. The van der Waals surface area contributed by atoms with Gasteiger partial charge >= 0.3 is 0 Å². The molecule has 0 fully saturated rings. The maximum atomic E-state index is 8.97. The quantitative estimate of drug-likeness (QED) is 0.647. The summed E-state index contributed by atoms with van der Waals surface area (Å²) in [6.07, 6.45) is 1.49. The maximum Gasteiger partial charge on any atom is 0.153 e. The molecule has 0 bridgehead atoms. The summed E-state index contributed by atoms with van der Waals surface area (Å²) in [7, 11) is 0. The SMILES string of the molecule is N#CC(=Cc1ccc(Cl)cc1)C(N)=C(C#N)C#N. The first-order valence-electron chi connectivity index (χ1n) is 4.80. The number of halogens is 1. The molecule has 0 aromatic heterocycles. The zero-order chi connectivity index (χ0) is 13.5. The summed E-state index contributed by atoms with van der Waals surface area (Å²) in [6, 6.07) is 11.9. The monoisotopic (exact) mass is 254 g/mol. The molecule has 1 aromatic carbocycles. The van der Waals surface area contributed by atoms with Gasteiger partial charge in [0.1, 0.15) is 18.2 Å². The number of hydrogen-bond donors (Lipinski definition) is 1. The van der Waals surface area contributed by atoms with Crippen molar-refractivity contribution in [1.82, 2.24) is 0 Å². The van der Waals surface area contributed by atoms with E-state index in [1.54, 1.807) is 36.4 Å². The van der Waals surface area contributed by atoms with Gasteiger partial charge in [0.2, 0.25) is 0 Å². The van der Waals surface area contributed by atoms with Crippen molar-refractivity contribution < 1.29 is 0 Å². The average molecular weight is 255 g/mol. The second-order valence-corrected chi connectivity index (χ2v) is 3.67. The van der Waals surface area contributed by atoms with Crippen molar-refractivity contribution in [1.29, 1.82) is 15.8 Å². The van der Waals surface area contributed by atoms with Crippen molar-refractivity contribution in [2.24, 2.45) is 5.73 Å². The smallest absolute Gasteiger partial charge is 0.153 e. The summed E-state index contributed by atoms with van der Waals surface area (Å²) in [5.74, 6) is 0. The maximum absolute atomic E-state index is 8.97. The molecule has 0 aliphatic rings. The lowest BCUT2D eigenvalue weighted by Gasteiger charge is -1.99. The molecule has 0 saturated heterocycles. The van der Waals surface area contributed by atoms with Crippen molar-refractivity contribution in [3.8, 4) is 18.2 Å². The van der Waals surface area contributed by atoms with Crippen molar-refractivity contribution in [3.05, 3.63) is 51.7 Å². The number of nitrogens with zero attached hydrogens (tertiary/aromatic N) is 3. The molecule has 1 rings (SSSR count). The van der Waals surface area contributed by atoms with Gasteiger partial charge in [0.15, 0.2) is 5.57 Å². The Morgan fingerprint density at radius 1 is 1.06 bits per heavy atom. The van der Waals surface area contributed by atoms with Crippen LogP contribution in [0.3, 0.4) is 0 Å². The highest BCUT2D eigenvalue weighted by molar-refractivity contribution is 6.30. The Balaban J connectivity index is 3.26. The highest BCUT2D eigenvalue weighted by Crippen LogP contribution is 2.15. The third-order valence-electron chi connectivity index (χ3n) is 2.08. The average Bonchev–Trinajstić information content (AvgIpc) is 2.39. The minimum Gasteiger partial charge on any atom is -0.396 e. The Morgan fingerprint density at radius 3 is 2.06 bits per heavy atom. The van der Waals surface area contributed by atoms with Gasteiger partial charge in [-0.25, -0.2) is 0 Å². The van der Waals surface area contributed by atoms with E-state index in [0.717, 1.165) is 0 Å². The van der Waals surface area contributed by atoms with Crippen molar-refractivity contribution >= 4 is 17.7 Å². The highest BCUT2D eigenvalue weighted by Gasteiger charge is 2.07. The van der Waals surface area contributed by atoms with Gasteiger partial charge in [0, 0.05) is 5.02 Å². The van der Waals surface area contributed by atoms with E-state index in [-0.39, 0.29) is 16.8 Å². The molecule has 18 heavy (non-hydrogen) atoms. The molecule has 1 aromatic rings. The number of hydrogen-bond acceptors (Lipinski definition) is 4. The van der Waals surface area contributed by atoms with Crippen LogP contribution in [-0.2, 0) is 0 Å². The van der Waals surface area contributed by atoms with Gasteiger partial charge in [-0.3, -0.25) is 0 Å². The van der Waals surface area contributed by atoms with E-state index in [9.17, 15) is 0 Å². The Morgan fingerprint density at radius 2 is 1.61 bits per heavy atom. The van der Waals surface area contributed by atoms with E-state index in [2.05, 4.69) is 0 Å². The van der Waals surface area contributed by atoms with Crippen LogP contribution in [0.4, 0.5) is 0 Å². The zero-order valence-electron chi connectivity index (χ0n) is 9.18. The third-order valence-corrected chi connectivity index (χ3v) is 2.34. The minimum absolute atomic E-state index is 0.0652. The predicted molar refractivity (Wildman–Crippen MR) is 67.5 cm³/mol. The van der Waals surface area contributed by atoms with E-state index >= 15 is 0 Å². The first kappa shape index (κ1) is 13.3. The molecule has 0 amide bonds. The molecule has 0 aliphatic heterocycles. The molecular weight excluding hydrogens is 248 g/mol. The van der Waals surface area contributed by atoms with Crippen molar-refractivity contribution in [3.63, 3.8) is 0 Å². The van der Waals surface area contributed by atoms with Crippen LogP contribution in [0.1, 0.15) is 5.56 Å². The Kier molecular flexibility index (Phi) is 4.52. The van der Waals surface area contributed by atoms with Gasteiger partial charge in [0.05, 0.1) is 11.3 Å². The fraction of sp³-hybridized carbons (Fsp3) is 0. The van der Waals surface area contributed by atoms with E-state index in [0.29, 0.717) is 10.6 Å². The van der Waals surface area contributed by atoms with Gasteiger partial charge in [-0.15, -0.1) is 0 Å². The number of benzene rings is 1. The highest BCUT2D eigenvalue weighted by atomic mass is 35.5. The van der Waals surface area contributed by atoms with Crippen LogP contribution in [-0.4, -0.2) is 0 Å². The lowest BCUT2D eigenvalue weighted by atomic mass is 10.1. The summed E-state index contributed by atoms with van der Waals surface area (Å²) in [4.78, 5) is 0. The van der Waals surface area contributed by atoms with E-state index in [1.165, 1.54) is 6.08 Å². The second-order valence-electron chi connectivity index (χ2n) is 3.23. The summed E-state index contributed by atoms with van der Waals surface area (Å²) < 4.78 is 0. The lowest BCUT2D eigenvalue weighted by Crippen LogP contribution is -2.03. The van der Waals surface area contributed by atoms with Gasteiger partial charge in [-0.05, 0) is 23.8 Å². The van der Waals surface area contributed by atoms with E-state index in [4.69, 9.17) is 33.1 Å². The Hall–Kier alpha value is -2.74. The molecule has 0 radical (unpaired) electrons. The number of nitrogens with two attached hydrogens (primary N) is 1. The van der Waals surface area contributed by atoms with Crippen molar-refractivity contribution in [2.75, 3.05) is 0 Å². The molecule has 0 spiro atoms. The van der Waals surface area contributed by atoms with Crippen LogP contribution in [0.25, 0.3) is 6.08 Å². The molecule has 0 atom stereocenters. The number of nitriles is 3. The Labute approximate surface area is 109 Å². The van der Waals surface area contributed by atoms with Crippen LogP contribution in [0.5, 0.6) is 0 Å². The van der Waals surface area contributed by atoms with Crippen LogP contribution < -0.4 is 5.73 Å². The lowest BCUT2D eigenvalue weighted by molar-refractivity contribution is 1.31. The molecule has 86 valence electrons. The standard InChI is InChI=1S/C13H7ClN4/c14-12-3-1-9(2-4-12)5-10(6-15)13(18)11(7-16)8-17/h1-5H,18H2. The van der Waals surface area contributed by atoms with Crippen LogP contribution >= 0.6 is 11.6 Å².